The van der Waals surface area contributed by atoms with Crippen LogP contribution in [0.2, 0.25) is 0 Å². The van der Waals surface area contributed by atoms with Crippen molar-refractivity contribution < 1.29 is 13.9 Å². The lowest BCUT2D eigenvalue weighted by molar-refractivity contribution is 0.0534. The Morgan fingerprint density at radius 3 is 2.63 bits per heavy atom. The Kier molecular flexibility index (Phi) is 5.81. The molecule has 0 bridgehead atoms. The van der Waals surface area contributed by atoms with E-state index >= 15 is 0 Å². The Morgan fingerprint density at radius 2 is 1.89 bits per heavy atom. The van der Waals surface area contributed by atoms with E-state index in [1.165, 1.54) is 6.07 Å². The van der Waals surface area contributed by atoms with E-state index in [0.29, 0.717) is 17.9 Å². The second kappa shape index (κ2) is 8.27. The van der Waals surface area contributed by atoms with Crippen molar-refractivity contribution >= 4 is 16.8 Å². The van der Waals surface area contributed by atoms with E-state index in [1.807, 2.05) is 38.1 Å². The summed E-state index contributed by atoms with van der Waals surface area (Å²) in [6.07, 6.45) is 0. The largest absolute Gasteiger partial charge is 0.383 e. The van der Waals surface area contributed by atoms with Crippen molar-refractivity contribution in [3.8, 4) is 0 Å². The highest BCUT2D eigenvalue weighted by Crippen LogP contribution is 2.20. The predicted molar refractivity (Wildman–Crippen MR) is 104 cm³/mol. The summed E-state index contributed by atoms with van der Waals surface area (Å²) < 4.78 is 19.4. The molecule has 0 aliphatic heterocycles. The molecule has 0 radical (unpaired) electrons. The number of ether oxygens (including phenoxy) is 1. The fourth-order valence-corrected chi connectivity index (χ4v) is 3.18. The molecule has 0 spiro atoms. The first-order valence-corrected chi connectivity index (χ1v) is 8.91. The van der Waals surface area contributed by atoms with Crippen molar-refractivity contribution in [1.82, 2.24) is 9.88 Å². The quantitative estimate of drug-likeness (QED) is 0.651. The third-order valence-electron chi connectivity index (χ3n) is 4.64. The van der Waals surface area contributed by atoms with Crippen molar-refractivity contribution in [2.24, 2.45) is 0 Å². The summed E-state index contributed by atoms with van der Waals surface area (Å²) in [6.45, 7) is 4.35. The molecule has 5 heteroatoms. The van der Waals surface area contributed by atoms with E-state index in [2.05, 4.69) is 4.98 Å². The lowest BCUT2D eigenvalue weighted by atomic mass is 10.1. The highest BCUT2D eigenvalue weighted by Gasteiger charge is 2.24. The van der Waals surface area contributed by atoms with Crippen molar-refractivity contribution in [3.63, 3.8) is 0 Å². The molecule has 4 nitrogen and oxygen atoms in total. The first-order valence-electron chi connectivity index (χ1n) is 8.91. The van der Waals surface area contributed by atoms with Gasteiger partial charge in [0.1, 0.15) is 11.5 Å². The third kappa shape index (κ3) is 4.14. The Balaban J connectivity index is 1.98. The molecule has 3 rings (SSSR count). The molecule has 140 valence electrons. The van der Waals surface area contributed by atoms with Crippen LogP contribution in [0.4, 0.5) is 4.39 Å². The Labute approximate surface area is 158 Å². The topological polar surface area (TPSA) is 42.4 Å². The molecule has 1 amide bonds. The number of benzene rings is 2. The summed E-state index contributed by atoms with van der Waals surface area (Å²) in [5.74, 6) is -0.570. The Hall–Kier alpha value is -2.79. The smallest absolute Gasteiger partial charge is 0.273 e. The summed E-state index contributed by atoms with van der Waals surface area (Å²) in [5.41, 5.74) is 2.57. The maximum Gasteiger partial charge on any atom is 0.273 e. The number of methoxy groups -OCH3 is 1. The SMILES string of the molecule is COCC(C)N(Cc1ccccc1F)C(=O)c1cc(C)c2ccccc2n1. The number of pyridine rings is 1. The molecule has 1 atom stereocenters. The molecule has 2 aromatic carbocycles. The van der Waals surface area contributed by atoms with Crippen LogP contribution in [0.5, 0.6) is 0 Å². The minimum absolute atomic E-state index is 0.156. The average Bonchev–Trinajstić information content (AvgIpc) is 2.67. The van der Waals surface area contributed by atoms with Gasteiger partial charge in [0.05, 0.1) is 18.2 Å². The number of para-hydroxylation sites is 1. The molecule has 0 saturated carbocycles. The summed E-state index contributed by atoms with van der Waals surface area (Å²) in [4.78, 5) is 19.4. The van der Waals surface area contributed by atoms with Crippen molar-refractivity contribution in [3.05, 3.63) is 77.2 Å². The normalized spacial score (nSPS) is 12.1. The van der Waals surface area contributed by atoms with Gasteiger partial charge in [-0.15, -0.1) is 0 Å². The lowest BCUT2D eigenvalue weighted by Gasteiger charge is -2.29. The van der Waals surface area contributed by atoms with Crippen LogP contribution < -0.4 is 0 Å². The van der Waals surface area contributed by atoms with Crippen LogP contribution in [-0.2, 0) is 11.3 Å². The highest BCUT2D eigenvalue weighted by molar-refractivity contribution is 5.96. The first kappa shape index (κ1) is 19.0. The molecular formula is C22H23FN2O2. The maximum atomic E-state index is 14.2. The zero-order chi connectivity index (χ0) is 19.4. The highest BCUT2D eigenvalue weighted by atomic mass is 19.1. The van der Waals surface area contributed by atoms with Crippen LogP contribution in [0.25, 0.3) is 10.9 Å². The van der Waals surface area contributed by atoms with Gasteiger partial charge in [0.15, 0.2) is 0 Å². The number of aryl methyl sites for hydroxylation is 1. The van der Waals surface area contributed by atoms with Crippen molar-refractivity contribution in [2.45, 2.75) is 26.4 Å². The molecule has 1 aromatic heterocycles. The van der Waals surface area contributed by atoms with Crippen LogP contribution in [0.15, 0.2) is 54.6 Å². The third-order valence-corrected chi connectivity index (χ3v) is 4.64. The van der Waals surface area contributed by atoms with Gasteiger partial charge in [0.25, 0.3) is 5.91 Å². The summed E-state index contributed by atoms with van der Waals surface area (Å²) in [6, 6.07) is 15.8. The maximum absolute atomic E-state index is 14.2. The standard InChI is InChI=1S/C22H23FN2O2/c1-15-12-21(24-20-11-7-5-9-18(15)20)22(26)25(16(2)14-27-3)13-17-8-4-6-10-19(17)23/h4-12,16H,13-14H2,1-3H3. The molecule has 0 aliphatic carbocycles. The molecule has 0 saturated heterocycles. The van der Waals surface area contributed by atoms with E-state index in [4.69, 9.17) is 4.74 Å². The first-order chi connectivity index (χ1) is 13.0. The number of aromatic nitrogens is 1. The van der Waals surface area contributed by atoms with E-state index in [0.717, 1.165) is 16.5 Å². The van der Waals surface area contributed by atoms with Crippen molar-refractivity contribution in [1.29, 1.82) is 0 Å². The van der Waals surface area contributed by atoms with E-state index in [9.17, 15) is 9.18 Å². The molecule has 1 heterocycles. The molecule has 0 N–H and O–H groups in total. The fourth-order valence-electron chi connectivity index (χ4n) is 3.18. The summed E-state index contributed by atoms with van der Waals surface area (Å²) in [5, 5.41) is 1.01. The van der Waals surface area contributed by atoms with Gasteiger partial charge in [-0.05, 0) is 37.6 Å². The molecule has 0 fully saturated rings. The van der Waals surface area contributed by atoms with E-state index in [-0.39, 0.29) is 24.3 Å². The van der Waals surface area contributed by atoms with Gasteiger partial charge in [-0.2, -0.15) is 0 Å². The van der Waals surface area contributed by atoms with Crippen LogP contribution >= 0.6 is 0 Å². The zero-order valence-electron chi connectivity index (χ0n) is 15.8. The minimum Gasteiger partial charge on any atom is -0.383 e. The minimum atomic E-state index is -0.331. The van der Waals surface area contributed by atoms with Gasteiger partial charge in [0.2, 0.25) is 0 Å². The number of carbonyl (C=O) groups is 1. The second-order valence-electron chi connectivity index (χ2n) is 6.67. The van der Waals surface area contributed by atoms with E-state index < -0.39 is 0 Å². The number of hydrogen-bond donors (Lipinski definition) is 0. The lowest BCUT2D eigenvalue weighted by Crippen LogP contribution is -2.41. The van der Waals surface area contributed by atoms with Gasteiger partial charge in [-0.25, -0.2) is 9.37 Å². The molecular weight excluding hydrogens is 343 g/mol. The number of amides is 1. The number of rotatable bonds is 6. The molecule has 1 unspecified atom stereocenters. The monoisotopic (exact) mass is 366 g/mol. The van der Waals surface area contributed by atoms with Crippen LogP contribution in [-0.4, -0.2) is 35.5 Å². The number of nitrogens with zero attached hydrogens (tertiary/aromatic N) is 2. The molecule has 0 aliphatic rings. The number of carbonyl (C=O) groups excluding carboxylic acids is 1. The molecule has 3 aromatic rings. The Bertz CT molecular complexity index is 958. The van der Waals surface area contributed by atoms with Crippen molar-refractivity contribution in [2.75, 3.05) is 13.7 Å². The number of hydrogen-bond acceptors (Lipinski definition) is 3. The van der Waals surface area contributed by atoms with Gasteiger partial charge in [-0.3, -0.25) is 4.79 Å². The van der Waals surface area contributed by atoms with Crippen LogP contribution in [0.1, 0.15) is 28.5 Å². The summed E-state index contributed by atoms with van der Waals surface area (Å²) >= 11 is 0. The second-order valence-corrected chi connectivity index (χ2v) is 6.67. The number of fused-ring (bicyclic) bond motifs is 1. The Morgan fingerprint density at radius 1 is 1.19 bits per heavy atom. The van der Waals surface area contributed by atoms with Gasteiger partial charge in [-0.1, -0.05) is 36.4 Å². The van der Waals surface area contributed by atoms with E-state index in [1.54, 1.807) is 36.3 Å². The average molecular weight is 366 g/mol. The number of halogens is 1. The van der Waals surface area contributed by atoms with Gasteiger partial charge in [0, 0.05) is 24.6 Å². The van der Waals surface area contributed by atoms with Crippen LogP contribution in [0.3, 0.4) is 0 Å². The summed E-state index contributed by atoms with van der Waals surface area (Å²) in [7, 11) is 1.58. The molecule has 27 heavy (non-hydrogen) atoms. The van der Waals surface area contributed by atoms with Gasteiger partial charge >= 0.3 is 0 Å². The fraction of sp³-hybridized carbons (Fsp3) is 0.273. The zero-order valence-corrected chi connectivity index (χ0v) is 15.8. The predicted octanol–water partition coefficient (Wildman–Crippen LogP) is 4.36. The van der Waals surface area contributed by atoms with Gasteiger partial charge < -0.3 is 9.64 Å². The van der Waals surface area contributed by atoms with Crippen LogP contribution in [0, 0.1) is 12.7 Å².